The van der Waals surface area contributed by atoms with Gasteiger partial charge in [-0.05, 0) is 69.5 Å². The van der Waals surface area contributed by atoms with Gasteiger partial charge in [0.25, 0.3) is 0 Å². The lowest BCUT2D eigenvalue weighted by molar-refractivity contribution is 0.0687. The third-order valence-corrected chi connectivity index (χ3v) is 6.10. The fraction of sp³-hybridized carbons (Fsp3) is 0.0714. The molecular weight excluding hydrogens is 400 g/mol. The molecule has 0 bridgehead atoms. The molecular formula is C28H20O4. The molecule has 0 spiro atoms. The van der Waals surface area contributed by atoms with E-state index in [2.05, 4.69) is 12.1 Å². The quantitative estimate of drug-likeness (QED) is 0.365. The Labute approximate surface area is 185 Å². The van der Waals surface area contributed by atoms with E-state index >= 15 is 0 Å². The molecule has 0 saturated heterocycles. The van der Waals surface area contributed by atoms with Gasteiger partial charge in [-0.25, -0.2) is 9.59 Å². The zero-order valence-corrected chi connectivity index (χ0v) is 17.2. The summed E-state index contributed by atoms with van der Waals surface area (Å²) < 4.78 is 0. The number of carboxylic acid groups (broad SMARTS) is 2. The lowest BCUT2D eigenvalue weighted by Gasteiger charge is -2.04. The predicted molar refractivity (Wildman–Crippen MR) is 123 cm³/mol. The second-order valence-corrected chi connectivity index (χ2v) is 7.96. The first-order chi connectivity index (χ1) is 15.5. The molecule has 0 aromatic heterocycles. The van der Waals surface area contributed by atoms with E-state index in [1.54, 1.807) is 12.1 Å². The van der Waals surface area contributed by atoms with Gasteiger partial charge in [0.05, 0.1) is 11.1 Å². The summed E-state index contributed by atoms with van der Waals surface area (Å²) in [6.07, 6.45) is 1.68. The van der Waals surface area contributed by atoms with Crippen LogP contribution in [-0.2, 0) is 12.8 Å². The Morgan fingerprint density at radius 1 is 0.500 bits per heavy atom. The molecule has 2 N–H and O–H groups in total. The molecule has 0 aliphatic heterocycles. The van der Waals surface area contributed by atoms with Gasteiger partial charge in [-0.2, -0.15) is 0 Å². The highest BCUT2D eigenvalue weighted by atomic mass is 16.4. The number of carbonyl (C=O) groups is 2. The summed E-state index contributed by atoms with van der Waals surface area (Å²) in [6.45, 7) is 0. The molecule has 6 rings (SSSR count). The first-order valence-corrected chi connectivity index (χ1v) is 10.4. The molecule has 4 nitrogen and oxygen atoms in total. The SMILES string of the molecule is O=C(O)c1cccc2c1-c1ccccc1C2.O=C(O)c1cccc2c1-c1ccccc1C2. The van der Waals surface area contributed by atoms with Crippen LogP contribution in [0.4, 0.5) is 0 Å². The van der Waals surface area contributed by atoms with Crippen molar-refractivity contribution < 1.29 is 19.8 Å². The predicted octanol–water partition coefficient (Wildman–Crippen LogP) is 5.91. The second kappa shape index (κ2) is 7.82. The molecule has 0 saturated carbocycles. The number of benzene rings is 4. The molecule has 4 aromatic rings. The summed E-state index contributed by atoms with van der Waals surface area (Å²) >= 11 is 0. The smallest absolute Gasteiger partial charge is 0.336 e. The summed E-state index contributed by atoms with van der Waals surface area (Å²) in [6, 6.07) is 27.0. The standard InChI is InChI=1S/2C14H10O2/c2*15-14(16)12-7-3-5-10-8-9-4-1-2-6-11(9)13(10)12/h2*1-7H,8H2,(H,15,16). The van der Waals surface area contributed by atoms with Gasteiger partial charge in [0.15, 0.2) is 0 Å². The highest BCUT2D eigenvalue weighted by Gasteiger charge is 2.24. The van der Waals surface area contributed by atoms with Crippen LogP contribution < -0.4 is 0 Å². The number of carboxylic acids is 2. The van der Waals surface area contributed by atoms with E-state index in [-0.39, 0.29) is 0 Å². The normalized spacial score (nSPS) is 12.0. The van der Waals surface area contributed by atoms with E-state index in [1.165, 1.54) is 11.1 Å². The summed E-state index contributed by atoms with van der Waals surface area (Å²) in [7, 11) is 0. The van der Waals surface area contributed by atoms with Gasteiger partial charge in [-0.3, -0.25) is 0 Å². The van der Waals surface area contributed by atoms with Gasteiger partial charge in [0.1, 0.15) is 0 Å². The van der Waals surface area contributed by atoms with Gasteiger partial charge in [-0.15, -0.1) is 0 Å². The van der Waals surface area contributed by atoms with E-state index < -0.39 is 11.9 Å². The lowest BCUT2D eigenvalue weighted by Crippen LogP contribution is -1.99. The van der Waals surface area contributed by atoms with Crippen LogP contribution in [0.2, 0.25) is 0 Å². The number of fused-ring (bicyclic) bond motifs is 6. The average molecular weight is 420 g/mol. The minimum absolute atomic E-state index is 0.405. The van der Waals surface area contributed by atoms with Gasteiger partial charge in [-0.1, -0.05) is 72.8 Å². The van der Waals surface area contributed by atoms with E-state index in [9.17, 15) is 19.8 Å². The Bertz CT molecular complexity index is 1280. The fourth-order valence-corrected chi connectivity index (χ4v) is 4.73. The van der Waals surface area contributed by atoms with Crippen molar-refractivity contribution in [1.82, 2.24) is 0 Å². The highest BCUT2D eigenvalue weighted by Crippen LogP contribution is 2.39. The van der Waals surface area contributed by atoms with Crippen molar-refractivity contribution in [2.75, 3.05) is 0 Å². The first kappa shape index (κ1) is 19.8. The fourth-order valence-electron chi connectivity index (χ4n) is 4.73. The summed E-state index contributed by atoms with van der Waals surface area (Å²) in [4.78, 5) is 22.3. The lowest BCUT2D eigenvalue weighted by atomic mass is 10.00. The maximum Gasteiger partial charge on any atom is 0.336 e. The van der Waals surface area contributed by atoms with Crippen LogP contribution in [0.5, 0.6) is 0 Å². The van der Waals surface area contributed by atoms with Crippen molar-refractivity contribution in [3.63, 3.8) is 0 Å². The number of hydrogen-bond donors (Lipinski definition) is 2. The zero-order valence-electron chi connectivity index (χ0n) is 17.2. The van der Waals surface area contributed by atoms with Crippen molar-refractivity contribution in [2.45, 2.75) is 12.8 Å². The third kappa shape index (κ3) is 3.26. The highest BCUT2D eigenvalue weighted by molar-refractivity contribution is 5.99. The van der Waals surface area contributed by atoms with Crippen LogP contribution in [0.1, 0.15) is 43.0 Å². The maximum absolute atomic E-state index is 11.2. The van der Waals surface area contributed by atoms with E-state index in [4.69, 9.17) is 0 Å². The third-order valence-electron chi connectivity index (χ3n) is 6.10. The monoisotopic (exact) mass is 420 g/mol. The van der Waals surface area contributed by atoms with Crippen LogP contribution in [0.15, 0.2) is 84.9 Å². The molecule has 4 aromatic carbocycles. The topological polar surface area (TPSA) is 74.6 Å². The van der Waals surface area contributed by atoms with Crippen LogP contribution in [0.3, 0.4) is 0 Å². The Morgan fingerprint density at radius 2 is 0.875 bits per heavy atom. The second-order valence-electron chi connectivity index (χ2n) is 7.96. The van der Waals surface area contributed by atoms with Crippen molar-refractivity contribution in [3.05, 3.63) is 118 Å². The minimum atomic E-state index is -0.853. The Morgan fingerprint density at radius 3 is 1.28 bits per heavy atom. The minimum Gasteiger partial charge on any atom is -0.478 e. The van der Waals surface area contributed by atoms with E-state index in [0.29, 0.717) is 11.1 Å². The number of aromatic carboxylic acids is 2. The molecule has 2 aliphatic rings. The molecule has 4 heteroatoms. The van der Waals surface area contributed by atoms with Crippen molar-refractivity contribution >= 4 is 11.9 Å². The summed E-state index contributed by atoms with van der Waals surface area (Å²) in [5.41, 5.74) is 9.38. The van der Waals surface area contributed by atoms with Crippen molar-refractivity contribution in [2.24, 2.45) is 0 Å². The molecule has 0 radical (unpaired) electrons. The summed E-state index contributed by atoms with van der Waals surface area (Å²) in [5.74, 6) is -1.71. The molecule has 2 aliphatic carbocycles. The van der Waals surface area contributed by atoms with Gasteiger partial charge >= 0.3 is 11.9 Å². The van der Waals surface area contributed by atoms with Crippen LogP contribution >= 0.6 is 0 Å². The summed E-state index contributed by atoms with van der Waals surface area (Å²) in [5, 5.41) is 18.3. The largest absolute Gasteiger partial charge is 0.478 e. The molecule has 0 unspecified atom stereocenters. The van der Waals surface area contributed by atoms with Crippen LogP contribution in [0, 0.1) is 0 Å². The van der Waals surface area contributed by atoms with E-state index in [0.717, 1.165) is 46.2 Å². The number of hydrogen-bond acceptors (Lipinski definition) is 2. The van der Waals surface area contributed by atoms with Gasteiger partial charge in [0, 0.05) is 0 Å². The molecule has 0 amide bonds. The molecule has 0 atom stereocenters. The van der Waals surface area contributed by atoms with Gasteiger partial charge < -0.3 is 10.2 Å². The van der Waals surface area contributed by atoms with Crippen LogP contribution in [0.25, 0.3) is 22.3 Å². The Hall–Kier alpha value is -4.18. The van der Waals surface area contributed by atoms with Crippen LogP contribution in [-0.4, -0.2) is 22.2 Å². The molecule has 32 heavy (non-hydrogen) atoms. The first-order valence-electron chi connectivity index (χ1n) is 10.4. The molecule has 0 heterocycles. The zero-order chi connectivity index (χ0) is 22.2. The molecule has 156 valence electrons. The number of rotatable bonds is 2. The van der Waals surface area contributed by atoms with E-state index in [1.807, 2.05) is 60.7 Å². The van der Waals surface area contributed by atoms with Crippen molar-refractivity contribution in [1.29, 1.82) is 0 Å². The molecule has 0 fully saturated rings. The average Bonchev–Trinajstić information content (AvgIpc) is 3.37. The Kier molecular flexibility index (Phi) is 4.83. The maximum atomic E-state index is 11.2. The van der Waals surface area contributed by atoms with Gasteiger partial charge in [0.2, 0.25) is 0 Å². The van der Waals surface area contributed by atoms with Crippen molar-refractivity contribution in [3.8, 4) is 22.3 Å². The Balaban J connectivity index is 0.000000135.